The molecule has 8 heteroatoms. The van der Waals surface area contributed by atoms with E-state index in [1.807, 2.05) is 0 Å². The summed E-state index contributed by atoms with van der Waals surface area (Å²) >= 11 is 5.93. The molecular formula is C11H13ClN4O2S. The van der Waals surface area contributed by atoms with E-state index in [1.54, 1.807) is 31.2 Å². The number of nitrogens with two attached hydrogens (primary N) is 1. The Morgan fingerprint density at radius 2 is 2.11 bits per heavy atom. The number of benzene rings is 1. The first-order valence-electron chi connectivity index (χ1n) is 5.47. The van der Waals surface area contributed by atoms with Crippen molar-refractivity contribution < 1.29 is 8.42 Å². The van der Waals surface area contributed by atoms with Gasteiger partial charge in [-0.25, -0.2) is 8.42 Å². The second kappa shape index (κ2) is 5.20. The fourth-order valence-electron chi connectivity index (χ4n) is 1.70. The van der Waals surface area contributed by atoms with Crippen LogP contribution in [-0.4, -0.2) is 18.6 Å². The molecule has 102 valence electrons. The number of H-pyrrole nitrogens is 1. The Bertz CT molecular complexity index is 696. The minimum atomic E-state index is -3.77. The van der Waals surface area contributed by atoms with Crippen molar-refractivity contribution in [1.29, 1.82) is 0 Å². The maximum atomic E-state index is 12.3. The SMILES string of the molecule is Cc1[nH]nc(CN)c1S(=O)(=O)Nc1ccccc1Cl. The molecule has 6 nitrogen and oxygen atoms in total. The van der Waals surface area contributed by atoms with Crippen LogP contribution in [0.3, 0.4) is 0 Å². The number of para-hydroxylation sites is 1. The van der Waals surface area contributed by atoms with Gasteiger partial charge in [-0.15, -0.1) is 0 Å². The molecule has 0 bridgehead atoms. The summed E-state index contributed by atoms with van der Waals surface area (Å²) < 4.78 is 27.1. The van der Waals surface area contributed by atoms with Gasteiger partial charge in [0.25, 0.3) is 10.0 Å². The number of rotatable bonds is 4. The molecule has 0 saturated carbocycles. The topological polar surface area (TPSA) is 101 Å². The van der Waals surface area contributed by atoms with Crippen LogP contribution in [0.15, 0.2) is 29.2 Å². The standard InChI is InChI=1S/C11H13ClN4O2S/c1-7-11(10(6-13)15-14-7)19(17,18)16-9-5-3-2-4-8(9)12/h2-5,16H,6,13H2,1H3,(H,14,15). The van der Waals surface area contributed by atoms with Crippen LogP contribution >= 0.6 is 11.6 Å². The minimum Gasteiger partial charge on any atom is -0.325 e. The summed E-state index contributed by atoms with van der Waals surface area (Å²) in [6, 6.07) is 6.59. The molecule has 0 aliphatic heterocycles. The zero-order valence-corrected chi connectivity index (χ0v) is 11.7. The molecule has 0 aliphatic carbocycles. The van der Waals surface area contributed by atoms with Crippen molar-refractivity contribution in [3.63, 3.8) is 0 Å². The van der Waals surface area contributed by atoms with Crippen molar-refractivity contribution in [3.8, 4) is 0 Å². The Morgan fingerprint density at radius 3 is 2.74 bits per heavy atom. The lowest BCUT2D eigenvalue weighted by Crippen LogP contribution is -2.16. The summed E-state index contributed by atoms with van der Waals surface area (Å²) in [7, 11) is -3.77. The Kier molecular flexibility index (Phi) is 3.79. The van der Waals surface area contributed by atoms with Gasteiger partial charge in [0.05, 0.1) is 22.1 Å². The summed E-state index contributed by atoms with van der Waals surface area (Å²) in [6.07, 6.45) is 0. The van der Waals surface area contributed by atoms with E-state index in [2.05, 4.69) is 14.9 Å². The Morgan fingerprint density at radius 1 is 1.42 bits per heavy atom. The third kappa shape index (κ3) is 2.73. The van der Waals surface area contributed by atoms with E-state index in [0.29, 0.717) is 16.4 Å². The van der Waals surface area contributed by atoms with Crippen LogP contribution in [0.4, 0.5) is 5.69 Å². The van der Waals surface area contributed by atoms with Crippen molar-refractivity contribution in [1.82, 2.24) is 10.2 Å². The van der Waals surface area contributed by atoms with Gasteiger partial charge >= 0.3 is 0 Å². The molecule has 0 amide bonds. The molecule has 2 aromatic rings. The quantitative estimate of drug-likeness (QED) is 0.799. The highest BCUT2D eigenvalue weighted by Gasteiger charge is 2.24. The number of halogens is 1. The van der Waals surface area contributed by atoms with Gasteiger partial charge in [-0.2, -0.15) is 5.10 Å². The minimum absolute atomic E-state index is 0.0309. The fourth-order valence-corrected chi connectivity index (χ4v) is 3.40. The number of hydrogen-bond donors (Lipinski definition) is 3. The predicted molar refractivity (Wildman–Crippen MR) is 73.5 cm³/mol. The number of anilines is 1. The van der Waals surface area contributed by atoms with E-state index in [9.17, 15) is 8.42 Å². The molecule has 0 aliphatic rings. The summed E-state index contributed by atoms with van der Waals surface area (Å²) in [6.45, 7) is 1.65. The number of aryl methyl sites for hydroxylation is 1. The maximum absolute atomic E-state index is 12.3. The lowest BCUT2D eigenvalue weighted by atomic mass is 10.3. The van der Waals surface area contributed by atoms with Crippen molar-refractivity contribution in [2.75, 3.05) is 4.72 Å². The average Bonchev–Trinajstić information content (AvgIpc) is 2.74. The second-order valence-corrected chi connectivity index (χ2v) is 5.94. The van der Waals surface area contributed by atoms with E-state index in [0.717, 1.165) is 0 Å². The molecule has 2 rings (SSSR count). The molecule has 0 spiro atoms. The second-order valence-electron chi connectivity index (χ2n) is 3.91. The van der Waals surface area contributed by atoms with E-state index < -0.39 is 10.0 Å². The Hall–Kier alpha value is -1.57. The molecule has 0 fully saturated rings. The number of nitrogens with one attached hydrogen (secondary N) is 2. The van der Waals surface area contributed by atoms with Crippen molar-refractivity contribution in [3.05, 3.63) is 40.7 Å². The zero-order valence-electron chi connectivity index (χ0n) is 10.1. The highest BCUT2D eigenvalue weighted by atomic mass is 35.5. The number of aromatic amines is 1. The smallest absolute Gasteiger partial charge is 0.265 e. The van der Waals surface area contributed by atoms with Gasteiger partial charge in [0.15, 0.2) is 0 Å². The van der Waals surface area contributed by atoms with Gasteiger partial charge in [0, 0.05) is 6.54 Å². The summed E-state index contributed by atoms with van der Waals surface area (Å²) in [4.78, 5) is 0.0647. The van der Waals surface area contributed by atoms with Gasteiger partial charge < -0.3 is 5.73 Å². The number of nitrogens with zero attached hydrogens (tertiary/aromatic N) is 1. The van der Waals surface area contributed by atoms with Crippen LogP contribution in [-0.2, 0) is 16.6 Å². The van der Waals surface area contributed by atoms with Crippen LogP contribution in [0.1, 0.15) is 11.4 Å². The monoisotopic (exact) mass is 300 g/mol. The van der Waals surface area contributed by atoms with Crippen LogP contribution < -0.4 is 10.5 Å². The van der Waals surface area contributed by atoms with Crippen molar-refractivity contribution >= 4 is 27.3 Å². The van der Waals surface area contributed by atoms with E-state index in [1.165, 1.54) is 0 Å². The molecule has 0 unspecified atom stereocenters. The first kappa shape index (κ1) is 13.9. The number of sulfonamides is 1. The first-order chi connectivity index (χ1) is 8.95. The molecular weight excluding hydrogens is 288 g/mol. The molecule has 0 atom stereocenters. The number of hydrogen-bond acceptors (Lipinski definition) is 4. The Labute approximate surface area is 116 Å². The third-order valence-electron chi connectivity index (χ3n) is 2.54. The summed E-state index contributed by atoms with van der Waals surface area (Å²) in [5, 5.41) is 6.80. The molecule has 4 N–H and O–H groups in total. The zero-order chi connectivity index (χ0) is 14.0. The van der Waals surface area contributed by atoms with E-state index in [4.69, 9.17) is 17.3 Å². The highest BCUT2D eigenvalue weighted by molar-refractivity contribution is 7.92. The van der Waals surface area contributed by atoms with Gasteiger partial charge in [-0.05, 0) is 19.1 Å². The van der Waals surface area contributed by atoms with Gasteiger partial charge in [0.2, 0.25) is 0 Å². The Balaban J connectivity index is 2.44. The third-order valence-corrected chi connectivity index (χ3v) is 4.44. The van der Waals surface area contributed by atoms with Crippen molar-refractivity contribution in [2.24, 2.45) is 5.73 Å². The van der Waals surface area contributed by atoms with Crippen molar-refractivity contribution in [2.45, 2.75) is 18.4 Å². The lowest BCUT2D eigenvalue weighted by Gasteiger charge is -2.09. The van der Waals surface area contributed by atoms with Gasteiger partial charge in [-0.3, -0.25) is 9.82 Å². The molecule has 0 radical (unpaired) electrons. The molecule has 1 heterocycles. The molecule has 1 aromatic carbocycles. The van der Waals surface area contributed by atoms with Crippen LogP contribution in [0.25, 0.3) is 0 Å². The molecule has 1 aromatic heterocycles. The van der Waals surface area contributed by atoms with E-state index >= 15 is 0 Å². The molecule has 19 heavy (non-hydrogen) atoms. The normalized spacial score (nSPS) is 11.5. The summed E-state index contributed by atoms with van der Waals surface area (Å²) in [5.41, 5.74) is 6.52. The largest absolute Gasteiger partial charge is 0.325 e. The lowest BCUT2D eigenvalue weighted by molar-refractivity contribution is 0.599. The van der Waals surface area contributed by atoms with Gasteiger partial charge in [0.1, 0.15) is 4.90 Å². The first-order valence-corrected chi connectivity index (χ1v) is 7.33. The van der Waals surface area contributed by atoms with Crippen LogP contribution in [0.2, 0.25) is 5.02 Å². The molecule has 0 saturated heterocycles. The van der Waals surface area contributed by atoms with E-state index in [-0.39, 0.29) is 17.1 Å². The average molecular weight is 301 g/mol. The van der Waals surface area contributed by atoms with Crippen LogP contribution in [0, 0.1) is 6.92 Å². The number of aromatic nitrogens is 2. The maximum Gasteiger partial charge on any atom is 0.265 e. The van der Waals surface area contributed by atoms with Gasteiger partial charge in [-0.1, -0.05) is 23.7 Å². The fraction of sp³-hybridized carbons (Fsp3) is 0.182. The predicted octanol–water partition coefficient (Wildman–Crippen LogP) is 1.63. The summed E-state index contributed by atoms with van der Waals surface area (Å²) in [5.74, 6) is 0. The highest BCUT2D eigenvalue weighted by Crippen LogP contribution is 2.25. The van der Waals surface area contributed by atoms with Crippen LogP contribution in [0.5, 0.6) is 0 Å².